The molecule has 0 spiro atoms. The maximum Gasteiger partial charge on any atom is 0.527 e. The van der Waals surface area contributed by atoms with Gasteiger partial charge in [-0.15, -0.1) is 5.06 Å². The van der Waals surface area contributed by atoms with Crippen LogP contribution < -0.4 is 15.4 Å². The van der Waals surface area contributed by atoms with Crippen molar-refractivity contribution in [2.24, 2.45) is 0 Å². The number of ether oxygens (including phenoxy) is 2. The maximum absolute atomic E-state index is 14.2. The summed E-state index contributed by atoms with van der Waals surface area (Å²) in [6.07, 6.45) is 1.47. The largest absolute Gasteiger partial charge is 0.527 e. The van der Waals surface area contributed by atoms with Gasteiger partial charge in [-0.05, 0) is 57.2 Å². The fourth-order valence-electron chi connectivity index (χ4n) is 5.68. The molecular weight excluding hydrogens is 661 g/mol. The van der Waals surface area contributed by atoms with E-state index in [-0.39, 0.29) is 68.4 Å². The first-order valence-corrected chi connectivity index (χ1v) is 16.5. The van der Waals surface area contributed by atoms with Gasteiger partial charge < -0.3 is 39.9 Å². The number of amides is 4. The van der Waals surface area contributed by atoms with Gasteiger partial charge in [0.05, 0.1) is 25.4 Å². The van der Waals surface area contributed by atoms with Crippen LogP contribution in [0.1, 0.15) is 55.9 Å². The molecule has 0 bridgehead atoms. The summed E-state index contributed by atoms with van der Waals surface area (Å²) >= 11 is 0. The fourth-order valence-corrected chi connectivity index (χ4v) is 5.68. The van der Waals surface area contributed by atoms with E-state index in [4.69, 9.17) is 14.3 Å². The molecular formula is C32H40FN7O10. The number of benzene rings is 1. The van der Waals surface area contributed by atoms with Crippen LogP contribution in [0.25, 0.3) is 5.69 Å². The van der Waals surface area contributed by atoms with Crippen molar-refractivity contribution in [2.75, 3.05) is 45.9 Å². The third-order valence-electron chi connectivity index (χ3n) is 8.37. The number of carbonyl (C=O) groups is 6. The number of piperazine rings is 1. The molecule has 17 nitrogen and oxygen atoms in total. The second kappa shape index (κ2) is 16.4. The monoisotopic (exact) mass is 701 g/mol. The third-order valence-corrected chi connectivity index (χ3v) is 8.37. The Hall–Kier alpha value is -5.26. The fraction of sp³-hybridized carbons (Fsp3) is 0.531. The summed E-state index contributed by atoms with van der Waals surface area (Å²) < 4.78 is 25.9. The van der Waals surface area contributed by atoms with Crippen LogP contribution in [0.5, 0.6) is 5.88 Å². The number of carbonyl (C=O) groups excluding carboxylic acids is 5. The molecule has 3 fully saturated rings. The molecule has 2 atom stereocenters. The van der Waals surface area contributed by atoms with E-state index < -0.39 is 60.8 Å². The lowest BCUT2D eigenvalue weighted by atomic mass is 10.1. The van der Waals surface area contributed by atoms with Crippen LogP contribution in [0.15, 0.2) is 30.3 Å². The van der Waals surface area contributed by atoms with E-state index in [0.29, 0.717) is 19.4 Å². The number of halogens is 1. The van der Waals surface area contributed by atoms with E-state index in [2.05, 4.69) is 15.7 Å². The van der Waals surface area contributed by atoms with Gasteiger partial charge in [-0.1, -0.05) is 6.07 Å². The van der Waals surface area contributed by atoms with Gasteiger partial charge in [0.2, 0.25) is 17.7 Å². The van der Waals surface area contributed by atoms with Crippen molar-refractivity contribution < 1.29 is 52.6 Å². The lowest BCUT2D eigenvalue weighted by Gasteiger charge is -2.35. The standard InChI is InChI=1S/C32H40FN7O10/c1-2-48-32(47)50-38-15-13-37(14-16-38)31(46)23(10-11-28(42)43)35-29(44)24-18-27(40(36-24)22-6-3-5-20(33)17-22)49-19-26(41)39-12-4-7-25(39)30(45)34-21-8-9-21/h3,5-6,17-18,21,23,25H,2,4,7-16,19H2,1H3,(H,34,45)(H,35,44)(H,42,43)/t23-,25-/m0/s1. The van der Waals surface area contributed by atoms with E-state index >= 15 is 0 Å². The maximum atomic E-state index is 14.2. The molecule has 3 aliphatic rings. The molecule has 1 aromatic carbocycles. The van der Waals surface area contributed by atoms with Gasteiger partial charge in [0.1, 0.15) is 17.9 Å². The zero-order valence-electron chi connectivity index (χ0n) is 27.5. The molecule has 2 aliphatic heterocycles. The van der Waals surface area contributed by atoms with Crippen LogP contribution in [-0.2, 0) is 28.8 Å². The summed E-state index contributed by atoms with van der Waals surface area (Å²) in [6.45, 7) is 2.20. The number of nitrogens with zero attached hydrogens (tertiary/aromatic N) is 5. The average molecular weight is 702 g/mol. The Bertz CT molecular complexity index is 1590. The first kappa shape index (κ1) is 36.0. The second-order valence-electron chi connectivity index (χ2n) is 12.1. The molecule has 50 heavy (non-hydrogen) atoms. The van der Waals surface area contributed by atoms with Crippen molar-refractivity contribution in [3.8, 4) is 11.6 Å². The summed E-state index contributed by atoms with van der Waals surface area (Å²) in [4.78, 5) is 83.9. The van der Waals surface area contributed by atoms with Crippen molar-refractivity contribution in [3.63, 3.8) is 0 Å². The zero-order valence-corrected chi connectivity index (χ0v) is 27.5. The number of nitrogens with one attached hydrogen (secondary N) is 2. The van der Waals surface area contributed by atoms with Crippen LogP contribution in [-0.4, -0.2) is 130 Å². The topological polar surface area (TPSA) is 202 Å². The number of hydrogen-bond acceptors (Lipinski definition) is 11. The molecule has 2 aromatic rings. The van der Waals surface area contributed by atoms with Crippen molar-refractivity contribution in [2.45, 2.75) is 63.6 Å². The van der Waals surface area contributed by atoms with Crippen LogP contribution in [0, 0.1) is 5.82 Å². The van der Waals surface area contributed by atoms with E-state index in [1.165, 1.54) is 39.1 Å². The average Bonchev–Trinajstić information content (AvgIpc) is 3.57. The number of carboxylic acids is 1. The van der Waals surface area contributed by atoms with Gasteiger partial charge in [0.25, 0.3) is 11.8 Å². The molecule has 2 saturated heterocycles. The Morgan fingerprint density at radius 2 is 1.80 bits per heavy atom. The van der Waals surface area contributed by atoms with Crippen molar-refractivity contribution in [1.29, 1.82) is 0 Å². The number of aromatic nitrogens is 2. The molecule has 270 valence electrons. The molecule has 18 heteroatoms. The van der Waals surface area contributed by atoms with Gasteiger partial charge in [0, 0.05) is 38.2 Å². The molecule has 0 radical (unpaired) electrons. The first-order valence-electron chi connectivity index (χ1n) is 16.5. The normalized spacial score (nSPS) is 18.2. The molecule has 3 heterocycles. The summed E-state index contributed by atoms with van der Waals surface area (Å²) in [5.74, 6) is -3.91. The number of likely N-dealkylation sites (tertiary alicyclic amines) is 1. The Kier molecular flexibility index (Phi) is 11.8. The highest BCUT2D eigenvalue weighted by molar-refractivity contribution is 5.96. The Labute approximate surface area is 286 Å². The number of hydrogen-bond donors (Lipinski definition) is 3. The predicted octanol–water partition coefficient (Wildman–Crippen LogP) is 0.855. The van der Waals surface area contributed by atoms with Crippen molar-refractivity contribution >= 4 is 35.8 Å². The van der Waals surface area contributed by atoms with Gasteiger partial charge in [-0.3, -0.25) is 24.0 Å². The highest BCUT2D eigenvalue weighted by Gasteiger charge is 2.37. The SMILES string of the molecule is CCOC(=O)ON1CCN(C(=O)[C@H](CCC(=O)O)NC(=O)c2cc(OCC(=O)N3CCC[C@H]3C(=O)NC3CC3)n(-c3cccc(F)c3)n2)CC1. The van der Waals surface area contributed by atoms with E-state index in [9.17, 15) is 38.3 Å². The molecule has 5 rings (SSSR count). The van der Waals surface area contributed by atoms with Gasteiger partial charge in [0.15, 0.2) is 12.3 Å². The minimum absolute atomic E-state index is 0.0848. The Morgan fingerprint density at radius 3 is 2.48 bits per heavy atom. The third kappa shape index (κ3) is 9.46. The van der Waals surface area contributed by atoms with Crippen LogP contribution in [0.4, 0.5) is 9.18 Å². The highest BCUT2D eigenvalue weighted by Crippen LogP contribution is 2.24. The smallest absolute Gasteiger partial charge is 0.481 e. The summed E-state index contributed by atoms with van der Waals surface area (Å²) in [5, 5.41) is 20.4. The van der Waals surface area contributed by atoms with E-state index in [1.807, 2.05) is 0 Å². The first-order chi connectivity index (χ1) is 24.0. The van der Waals surface area contributed by atoms with Gasteiger partial charge >= 0.3 is 12.1 Å². The number of hydroxylamine groups is 2. The van der Waals surface area contributed by atoms with Gasteiger partial charge in [-0.2, -0.15) is 5.10 Å². The molecule has 1 aliphatic carbocycles. The second-order valence-corrected chi connectivity index (χ2v) is 12.1. The van der Waals surface area contributed by atoms with Crippen molar-refractivity contribution in [3.05, 3.63) is 41.8 Å². The highest BCUT2D eigenvalue weighted by atomic mass is 19.1. The van der Waals surface area contributed by atoms with Gasteiger partial charge in [-0.25, -0.2) is 13.9 Å². The molecule has 3 N–H and O–H groups in total. The quantitative estimate of drug-likeness (QED) is 0.235. The van der Waals surface area contributed by atoms with Crippen LogP contribution >= 0.6 is 0 Å². The van der Waals surface area contributed by atoms with E-state index in [1.54, 1.807) is 6.92 Å². The minimum Gasteiger partial charge on any atom is -0.481 e. The predicted molar refractivity (Wildman–Crippen MR) is 169 cm³/mol. The zero-order chi connectivity index (χ0) is 35.8. The lowest BCUT2D eigenvalue weighted by molar-refractivity contribution is -0.157. The molecule has 1 saturated carbocycles. The summed E-state index contributed by atoms with van der Waals surface area (Å²) in [5.41, 5.74) is -0.0730. The number of rotatable bonds is 14. The lowest BCUT2D eigenvalue weighted by Crippen LogP contribution is -2.55. The van der Waals surface area contributed by atoms with Crippen LogP contribution in [0.2, 0.25) is 0 Å². The Morgan fingerprint density at radius 1 is 1.04 bits per heavy atom. The summed E-state index contributed by atoms with van der Waals surface area (Å²) in [7, 11) is 0. The number of carboxylic acid groups (broad SMARTS) is 1. The summed E-state index contributed by atoms with van der Waals surface area (Å²) in [6, 6.07) is 4.79. The minimum atomic E-state index is -1.25. The molecule has 1 aromatic heterocycles. The molecule has 4 amide bonds. The van der Waals surface area contributed by atoms with E-state index in [0.717, 1.165) is 23.6 Å². The molecule has 0 unspecified atom stereocenters. The Balaban J connectivity index is 1.28. The van der Waals surface area contributed by atoms with Crippen LogP contribution in [0.3, 0.4) is 0 Å². The number of aliphatic carboxylic acids is 1. The van der Waals surface area contributed by atoms with Crippen molar-refractivity contribution in [1.82, 2.24) is 35.3 Å².